The van der Waals surface area contributed by atoms with Crippen molar-refractivity contribution < 1.29 is 0 Å². The van der Waals surface area contributed by atoms with Crippen LogP contribution < -0.4 is 0 Å². The Balaban J connectivity index is 1.04. The van der Waals surface area contributed by atoms with Crippen LogP contribution in [0.1, 0.15) is 89.7 Å². The van der Waals surface area contributed by atoms with Gasteiger partial charge in [0, 0.05) is 23.0 Å². The normalized spacial score (nSPS) is 21.8. The molecule has 6 aliphatic carbocycles. The molecule has 50 heavy (non-hydrogen) atoms. The minimum Gasteiger partial charge on any atom is -0.0765 e. The molecule has 0 saturated heterocycles. The van der Waals surface area contributed by atoms with E-state index in [0.717, 1.165) is 11.1 Å². The second-order valence-corrected chi connectivity index (χ2v) is 14.0. The van der Waals surface area contributed by atoms with Crippen LogP contribution in [0.2, 0.25) is 0 Å². The number of rotatable bonds is 0. The lowest BCUT2D eigenvalue weighted by Gasteiger charge is -2.48. The van der Waals surface area contributed by atoms with Gasteiger partial charge in [0.15, 0.2) is 0 Å². The summed E-state index contributed by atoms with van der Waals surface area (Å²) in [6, 6.07) is 62.0. The fourth-order valence-electron chi connectivity index (χ4n) is 9.79. The summed E-state index contributed by atoms with van der Waals surface area (Å²) in [5, 5.41) is 0. The first kappa shape index (κ1) is 27.6. The molecule has 0 saturated carbocycles. The summed E-state index contributed by atoms with van der Waals surface area (Å²) >= 11 is 0. The molecule has 4 bridgehead atoms. The Morgan fingerprint density at radius 2 is 0.500 bits per heavy atom. The van der Waals surface area contributed by atoms with Crippen molar-refractivity contribution in [1.82, 2.24) is 0 Å². The summed E-state index contributed by atoms with van der Waals surface area (Å²) in [5.74, 6) is 15.5. The van der Waals surface area contributed by atoms with E-state index in [-0.39, 0.29) is 11.8 Å². The van der Waals surface area contributed by atoms with E-state index in [1.807, 2.05) is 0 Å². The van der Waals surface area contributed by atoms with Gasteiger partial charge >= 0.3 is 0 Å². The van der Waals surface area contributed by atoms with Gasteiger partial charge in [-0.3, -0.25) is 0 Å². The van der Waals surface area contributed by atoms with Gasteiger partial charge in [-0.2, -0.15) is 0 Å². The third-order valence-corrected chi connectivity index (χ3v) is 11.7. The molecule has 0 radical (unpaired) electrons. The summed E-state index contributed by atoms with van der Waals surface area (Å²) in [5.41, 5.74) is 17.0. The zero-order valence-corrected chi connectivity index (χ0v) is 27.3. The van der Waals surface area contributed by atoms with Gasteiger partial charge < -0.3 is 0 Å². The van der Waals surface area contributed by atoms with Gasteiger partial charge in [-0.25, -0.2) is 0 Å². The molecule has 0 nitrogen and oxygen atoms in total. The number of hydrogen-bond acceptors (Lipinski definition) is 0. The first-order chi connectivity index (χ1) is 24.8. The van der Waals surface area contributed by atoms with Gasteiger partial charge in [-0.15, -0.1) is 0 Å². The topological polar surface area (TPSA) is 0 Å². The maximum atomic E-state index is 3.88. The van der Waals surface area contributed by atoms with E-state index < -0.39 is 10.8 Å². The average molecular weight is 631 g/mol. The summed E-state index contributed by atoms with van der Waals surface area (Å²) < 4.78 is 0. The van der Waals surface area contributed by atoms with Crippen LogP contribution in [0.4, 0.5) is 0 Å². The Hall–Kier alpha value is -6.34. The summed E-state index contributed by atoms with van der Waals surface area (Å²) in [6.45, 7) is 0. The second-order valence-electron chi connectivity index (χ2n) is 14.0. The molecular formula is C50H30. The third-order valence-electron chi connectivity index (χ3n) is 11.7. The fraction of sp³-hybridized carbons (Fsp3) is 0.0800. The Labute approximate surface area is 293 Å². The monoisotopic (exact) mass is 630 g/mol. The molecule has 7 aromatic rings. The molecule has 0 fully saturated rings. The molecule has 0 unspecified atom stereocenters. The van der Waals surface area contributed by atoms with E-state index in [1.54, 1.807) is 0 Å². The van der Waals surface area contributed by atoms with Crippen LogP contribution in [0.3, 0.4) is 0 Å². The number of hydrogen-bond donors (Lipinski definition) is 0. The quantitative estimate of drug-likeness (QED) is 0.146. The van der Waals surface area contributed by atoms with Gasteiger partial charge in [0.25, 0.3) is 0 Å². The molecule has 0 aliphatic heterocycles. The molecule has 0 heteroatoms. The predicted octanol–water partition coefficient (Wildman–Crippen LogP) is 10.1. The Bertz CT molecular complexity index is 2260. The largest absolute Gasteiger partial charge is 0.107 e. The zero-order chi connectivity index (χ0) is 32.9. The SMILES string of the molecule is C(#CC12c3ccccc3C(c3ccccc31)c1ccccc12)c1ccc(C#CC23c4ccccc4C(c4ccccc42)c2ccccc23)cc1. The summed E-state index contributed by atoms with van der Waals surface area (Å²) in [4.78, 5) is 0. The van der Waals surface area contributed by atoms with Crippen molar-refractivity contribution in [2.45, 2.75) is 22.7 Å². The smallest absolute Gasteiger partial charge is 0.0765 e. The predicted molar refractivity (Wildman–Crippen MR) is 201 cm³/mol. The van der Waals surface area contributed by atoms with E-state index in [0.29, 0.717) is 0 Å². The van der Waals surface area contributed by atoms with Crippen LogP contribution in [-0.2, 0) is 10.8 Å². The van der Waals surface area contributed by atoms with E-state index in [4.69, 9.17) is 0 Å². The minimum atomic E-state index is -0.524. The highest BCUT2D eigenvalue weighted by Gasteiger charge is 2.52. The van der Waals surface area contributed by atoms with E-state index in [9.17, 15) is 0 Å². The zero-order valence-electron chi connectivity index (χ0n) is 27.3. The highest BCUT2D eigenvalue weighted by molar-refractivity contribution is 5.77. The van der Waals surface area contributed by atoms with E-state index in [2.05, 4.69) is 194 Å². The third kappa shape index (κ3) is 3.43. The van der Waals surface area contributed by atoms with Crippen LogP contribution in [-0.4, -0.2) is 0 Å². The molecule has 7 aromatic carbocycles. The van der Waals surface area contributed by atoms with Crippen LogP contribution in [0, 0.1) is 23.7 Å². The molecule has 0 amide bonds. The van der Waals surface area contributed by atoms with Crippen molar-refractivity contribution in [3.8, 4) is 23.7 Å². The Morgan fingerprint density at radius 1 is 0.280 bits per heavy atom. The fourth-order valence-corrected chi connectivity index (χ4v) is 9.79. The highest BCUT2D eigenvalue weighted by Crippen LogP contribution is 2.60. The minimum absolute atomic E-state index is 0.240. The van der Waals surface area contributed by atoms with E-state index in [1.165, 1.54) is 66.8 Å². The van der Waals surface area contributed by atoms with Crippen molar-refractivity contribution in [2.24, 2.45) is 0 Å². The molecule has 0 N–H and O–H groups in total. The molecule has 0 atom stereocenters. The summed E-state index contributed by atoms with van der Waals surface area (Å²) in [6.07, 6.45) is 0. The first-order valence-electron chi connectivity index (χ1n) is 17.5. The standard InChI is InChI=1S/C50H30/c1-7-19-41-35(13-1)47-36-14-2-8-20-42(36)49(41,43-21-9-3-15-37(43)47)31-29-33-25-27-34(28-26-33)30-32-50-44-22-10-4-16-38(44)48(39-17-5-11-23-45(39)50)40-18-6-12-24-46(40)50/h1-28,47-48H. The van der Waals surface area contributed by atoms with Gasteiger partial charge in [0.2, 0.25) is 0 Å². The molecule has 6 aliphatic rings. The van der Waals surface area contributed by atoms with Crippen molar-refractivity contribution in [2.75, 3.05) is 0 Å². The van der Waals surface area contributed by atoms with E-state index >= 15 is 0 Å². The molecule has 13 rings (SSSR count). The molecular weight excluding hydrogens is 601 g/mol. The maximum Gasteiger partial charge on any atom is 0.107 e. The molecule has 0 heterocycles. The van der Waals surface area contributed by atoms with Crippen molar-refractivity contribution in [3.63, 3.8) is 0 Å². The molecule has 230 valence electrons. The summed E-state index contributed by atoms with van der Waals surface area (Å²) in [7, 11) is 0. The van der Waals surface area contributed by atoms with Gasteiger partial charge in [0.1, 0.15) is 10.8 Å². The second kappa shape index (κ2) is 10.1. The van der Waals surface area contributed by atoms with Crippen LogP contribution >= 0.6 is 0 Å². The van der Waals surface area contributed by atoms with Gasteiger partial charge in [-0.1, -0.05) is 169 Å². The van der Waals surface area contributed by atoms with Crippen LogP contribution in [0.5, 0.6) is 0 Å². The Morgan fingerprint density at radius 3 is 0.740 bits per heavy atom. The lowest BCUT2D eigenvalue weighted by Crippen LogP contribution is -2.41. The Kier molecular flexibility index (Phi) is 5.57. The molecule has 0 aromatic heterocycles. The highest BCUT2D eigenvalue weighted by atomic mass is 14.5. The van der Waals surface area contributed by atoms with Crippen molar-refractivity contribution >= 4 is 0 Å². The maximum absolute atomic E-state index is 3.88. The van der Waals surface area contributed by atoms with Crippen molar-refractivity contribution in [3.05, 3.63) is 248 Å². The van der Waals surface area contributed by atoms with Crippen LogP contribution in [0.25, 0.3) is 0 Å². The van der Waals surface area contributed by atoms with Crippen molar-refractivity contribution in [1.29, 1.82) is 0 Å². The van der Waals surface area contributed by atoms with Gasteiger partial charge in [0.05, 0.1) is 0 Å². The lowest BCUT2D eigenvalue weighted by atomic mass is 9.53. The first-order valence-corrected chi connectivity index (χ1v) is 17.5. The van der Waals surface area contributed by atoms with Crippen LogP contribution in [0.15, 0.2) is 170 Å². The molecule has 0 spiro atoms. The van der Waals surface area contributed by atoms with Gasteiger partial charge in [-0.05, 0) is 91.0 Å². The average Bonchev–Trinajstić information content (AvgIpc) is 3.20. The lowest BCUT2D eigenvalue weighted by molar-refractivity contribution is 0.666. The number of benzene rings is 7.